The van der Waals surface area contributed by atoms with Gasteiger partial charge in [-0.2, -0.15) is 8.78 Å². The summed E-state index contributed by atoms with van der Waals surface area (Å²) in [6.45, 7) is -2.90. The van der Waals surface area contributed by atoms with Gasteiger partial charge in [-0.3, -0.25) is 4.79 Å². The molecule has 0 spiro atoms. The third kappa shape index (κ3) is 2.06. The molecule has 1 aromatic carbocycles. The highest BCUT2D eigenvalue weighted by Gasteiger charge is 2.07. The Labute approximate surface area is 97.2 Å². The Bertz CT molecular complexity index is 583. The summed E-state index contributed by atoms with van der Waals surface area (Å²) >= 11 is 3.06. The predicted octanol–water partition coefficient (Wildman–Crippen LogP) is 2.89. The van der Waals surface area contributed by atoms with E-state index >= 15 is 0 Å². The number of H-pyrrole nitrogens is 1. The zero-order valence-electron chi connectivity index (χ0n) is 7.84. The fourth-order valence-electron chi connectivity index (χ4n) is 1.35. The minimum atomic E-state index is -2.90. The molecule has 0 bridgehead atoms. The molecular weight excluding hydrogens is 284 g/mol. The number of alkyl halides is 2. The van der Waals surface area contributed by atoms with Crippen LogP contribution in [-0.2, 0) is 0 Å². The van der Waals surface area contributed by atoms with Gasteiger partial charge in [0.15, 0.2) is 0 Å². The number of halogens is 3. The van der Waals surface area contributed by atoms with Crippen LogP contribution in [0.1, 0.15) is 0 Å². The van der Waals surface area contributed by atoms with Crippen LogP contribution in [0.15, 0.2) is 33.7 Å². The number of aromatic amines is 1. The Kier molecular flexibility index (Phi) is 2.91. The molecule has 1 aromatic heterocycles. The van der Waals surface area contributed by atoms with E-state index in [4.69, 9.17) is 0 Å². The third-order valence-corrected chi connectivity index (χ3v) is 2.62. The van der Waals surface area contributed by atoms with Crippen LogP contribution in [0.2, 0.25) is 0 Å². The summed E-state index contributed by atoms with van der Waals surface area (Å²) in [5.74, 6) is -0.0360. The minimum absolute atomic E-state index is 0.0360. The number of benzene rings is 1. The van der Waals surface area contributed by atoms with Crippen molar-refractivity contribution in [1.29, 1.82) is 0 Å². The molecule has 84 valence electrons. The van der Waals surface area contributed by atoms with Crippen molar-refractivity contribution in [3.05, 3.63) is 39.1 Å². The maximum Gasteiger partial charge on any atom is 0.387 e. The van der Waals surface area contributed by atoms with Gasteiger partial charge in [-0.25, -0.2) is 0 Å². The van der Waals surface area contributed by atoms with Crippen LogP contribution in [0.4, 0.5) is 8.78 Å². The summed E-state index contributed by atoms with van der Waals surface area (Å²) in [4.78, 5) is 14.5. The summed E-state index contributed by atoms with van der Waals surface area (Å²) in [5.41, 5.74) is 0.295. The lowest BCUT2D eigenvalue weighted by molar-refractivity contribution is -0.0497. The topological polar surface area (TPSA) is 42.1 Å². The standard InChI is InChI=1S/C10H6BrF2NO2/c11-7-4-14-8-2-1-5(16-10(12)13)3-6(8)9(7)15/h1-4,10H,(H,14,15). The number of nitrogens with one attached hydrogen (secondary N) is 1. The molecule has 0 fully saturated rings. The van der Waals surface area contributed by atoms with E-state index in [1.54, 1.807) is 0 Å². The van der Waals surface area contributed by atoms with Crippen LogP contribution in [0.5, 0.6) is 5.75 Å². The highest BCUT2D eigenvalue weighted by atomic mass is 79.9. The molecule has 0 aliphatic heterocycles. The molecule has 0 aliphatic carbocycles. The second-order valence-corrected chi connectivity index (χ2v) is 3.91. The van der Waals surface area contributed by atoms with E-state index < -0.39 is 6.61 Å². The SMILES string of the molecule is O=c1c(Br)c[nH]c2ccc(OC(F)F)cc12. The van der Waals surface area contributed by atoms with E-state index in [0.717, 1.165) is 0 Å². The van der Waals surface area contributed by atoms with Crippen molar-refractivity contribution in [1.82, 2.24) is 4.98 Å². The first-order chi connectivity index (χ1) is 7.58. The van der Waals surface area contributed by atoms with Gasteiger partial charge in [-0.15, -0.1) is 0 Å². The highest BCUT2D eigenvalue weighted by molar-refractivity contribution is 9.10. The average molecular weight is 290 g/mol. The first-order valence-electron chi connectivity index (χ1n) is 4.33. The van der Waals surface area contributed by atoms with Gasteiger partial charge >= 0.3 is 6.61 Å². The molecule has 1 N–H and O–H groups in total. The summed E-state index contributed by atoms with van der Waals surface area (Å²) in [6, 6.07) is 4.17. The molecule has 0 amide bonds. The molecule has 16 heavy (non-hydrogen) atoms. The Morgan fingerprint density at radius 2 is 2.12 bits per heavy atom. The first kappa shape index (κ1) is 11.1. The zero-order chi connectivity index (χ0) is 11.7. The molecule has 0 aliphatic rings. The number of hydrogen-bond donors (Lipinski definition) is 1. The van der Waals surface area contributed by atoms with E-state index in [-0.39, 0.29) is 11.2 Å². The quantitative estimate of drug-likeness (QED) is 0.924. The van der Waals surface area contributed by atoms with Gasteiger partial charge in [-0.05, 0) is 34.1 Å². The molecule has 2 aromatic rings. The highest BCUT2D eigenvalue weighted by Crippen LogP contribution is 2.19. The van der Waals surface area contributed by atoms with Crippen molar-refractivity contribution in [2.75, 3.05) is 0 Å². The van der Waals surface area contributed by atoms with Crippen molar-refractivity contribution in [3.8, 4) is 5.75 Å². The average Bonchev–Trinajstić information content (AvgIpc) is 2.23. The van der Waals surface area contributed by atoms with E-state index in [0.29, 0.717) is 15.4 Å². The Balaban J connectivity index is 2.60. The molecule has 0 atom stereocenters. The lowest BCUT2D eigenvalue weighted by Gasteiger charge is -2.05. The number of rotatable bonds is 2. The van der Waals surface area contributed by atoms with Crippen molar-refractivity contribution in [3.63, 3.8) is 0 Å². The van der Waals surface area contributed by atoms with Gasteiger partial charge in [0, 0.05) is 11.7 Å². The number of hydrogen-bond acceptors (Lipinski definition) is 2. The van der Waals surface area contributed by atoms with Crippen LogP contribution in [0.3, 0.4) is 0 Å². The molecule has 1 heterocycles. The number of pyridine rings is 1. The number of fused-ring (bicyclic) bond motifs is 1. The number of aromatic nitrogens is 1. The van der Waals surface area contributed by atoms with Crippen LogP contribution < -0.4 is 10.2 Å². The van der Waals surface area contributed by atoms with Crippen LogP contribution in [0.25, 0.3) is 10.9 Å². The molecule has 2 rings (SSSR count). The Morgan fingerprint density at radius 3 is 2.81 bits per heavy atom. The molecular formula is C10H6BrF2NO2. The summed E-state index contributed by atoms with van der Waals surface area (Å²) in [7, 11) is 0. The lowest BCUT2D eigenvalue weighted by atomic mass is 10.2. The maximum atomic E-state index is 12.0. The minimum Gasteiger partial charge on any atom is -0.435 e. The van der Waals surface area contributed by atoms with Gasteiger partial charge in [0.25, 0.3) is 0 Å². The van der Waals surface area contributed by atoms with E-state index in [9.17, 15) is 13.6 Å². The van der Waals surface area contributed by atoms with Crippen molar-refractivity contribution in [2.24, 2.45) is 0 Å². The van der Waals surface area contributed by atoms with E-state index in [1.807, 2.05) is 0 Å². The second-order valence-electron chi connectivity index (χ2n) is 3.05. The van der Waals surface area contributed by atoms with Gasteiger partial charge < -0.3 is 9.72 Å². The fourth-order valence-corrected chi connectivity index (χ4v) is 1.68. The van der Waals surface area contributed by atoms with Crippen molar-refractivity contribution in [2.45, 2.75) is 6.61 Å². The zero-order valence-corrected chi connectivity index (χ0v) is 9.42. The largest absolute Gasteiger partial charge is 0.435 e. The Morgan fingerprint density at radius 1 is 1.38 bits per heavy atom. The normalized spacial score (nSPS) is 11.0. The molecule has 0 radical (unpaired) electrons. The van der Waals surface area contributed by atoms with Gasteiger partial charge in [0.2, 0.25) is 5.43 Å². The summed E-state index contributed by atoms with van der Waals surface area (Å²) in [6.07, 6.45) is 1.50. The van der Waals surface area contributed by atoms with Crippen molar-refractivity contribution >= 4 is 26.8 Å². The van der Waals surface area contributed by atoms with Crippen LogP contribution in [0, 0.1) is 0 Å². The summed E-state index contributed by atoms with van der Waals surface area (Å²) in [5, 5.41) is 0.299. The van der Waals surface area contributed by atoms with E-state index in [1.165, 1.54) is 24.4 Å². The van der Waals surface area contributed by atoms with Gasteiger partial charge in [-0.1, -0.05) is 0 Å². The fraction of sp³-hybridized carbons (Fsp3) is 0.100. The lowest BCUT2D eigenvalue weighted by Crippen LogP contribution is -2.05. The molecule has 3 nitrogen and oxygen atoms in total. The van der Waals surface area contributed by atoms with Gasteiger partial charge in [0.1, 0.15) is 5.75 Å². The molecule has 0 saturated heterocycles. The Hall–Kier alpha value is -1.43. The molecule has 6 heteroatoms. The summed E-state index contributed by atoms with van der Waals surface area (Å²) < 4.78 is 28.5. The smallest absolute Gasteiger partial charge is 0.387 e. The monoisotopic (exact) mass is 289 g/mol. The van der Waals surface area contributed by atoms with Crippen LogP contribution >= 0.6 is 15.9 Å². The molecule has 0 saturated carbocycles. The van der Waals surface area contributed by atoms with Crippen LogP contribution in [-0.4, -0.2) is 11.6 Å². The van der Waals surface area contributed by atoms with E-state index in [2.05, 4.69) is 25.7 Å². The van der Waals surface area contributed by atoms with Crippen molar-refractivity contribution < 1.29 is 13.5 Å². The maximum absolute atomic E-state index is 12.0. The molecule has 0 unspecified atom stereocenters. The third-order valence-electron chi connectivity index (χ3n) is 2.03. The predicted molar refractivity (Wildman–Crippen MR) is 58.9 cm³/mol. The number of ether oxygens (including phenoxy) is 1. The second kappa shape index (κ2) is 4.21. The van der Waals surface area contributed by atoms with Gasteiger partial charge in [0.05, 0.1) is 9.86 Å². The first-order valence-corrected chi connectivity index (χ1v) is 5.13.